The van der Waals surface area contributed by atoms with Crippen molar-refractivity contribution in [2.24, 2.45) is 0 Å². The number of amides is 2. The second kappa shape index (κ2) is 9.94. The third-order valence-electron chi connectivity index (χ3n) is 4.05. The number of nitrogens with one attached hydrogen (secondary N) is 3. The van der Waals surface area contributed by atoms with Crippen LogP contribution in [0.25, 0.3) is 0 Å². The standard InChI is InChI=1S/C19H25N3O3S/c1-4-22(12-18(23)20-14(2)17-10-7-11-26-17)13-19(24)21-15-8-5-6-9-16(15)25-3/h5-11,14H,4,12-13H2,1-3H3,(H,20,23)(H,21,24)/p+1/t14-/m1/s1. The van der Waals surface area contributed by atoms with E-state index in [0.29, 0.717) is 18.0 Å². The normalized spacial score (nSPS) is 12.9. The van der Waals surface area contributed by atoms with Crippen LogP contribution in [0.15, 0.2) is 41.8 Å². The molecule has 0 aliphatic heterocycles. The van der Waals surface area contributed by atoms with Crippen LogP contribution in [0.4, 0.5) is 5.69 Å². The molecule has 0 aliphatic rings. The van der Waals surface area contributed by atoms with Crippen molar-refractivity contribution in [3.05, 3.63) is 46.7 Å². The maximum Gasteiger partial charge on any atom is 0.279 e. The molecule has 2 amide bonds. The first-order valence-corrected chi connectivity index (χ1v) is 9.50. The highest BCUT2D eigenvalue weighted by atomic mass is 32.1. The van der Waals surface area contributed by atoms with Gasteiger partial charge < -0.3 is 20.3 Å². The lowest BCUT2D eigenvalue weighted by molar-refractivity contribution is -0.881. The molecule has 1 heterocycles. The van der Waals surface area contributed by atoms with Crippen LogP contribution >= 0.6 is 11.3 Å². The third kappa shape index (κ3) is 5.86. The molecular weight excluding hydrogens is 350 g/mol. The van der Waals surface area contributed by atoms with E-state index in [1.165, 1.54) is 0 Å². The first kappa shape index (κ1) is 19.9. The van der Waals surface area contributed by atoms with E-state index < -0.39 is 0 Å². The van der Waals surface area contributed by atoms with Crippen molar-refractivity contribution in [2.45, 2.75) is 19.9 Å². The first-order valence-electron chi connectivity index (χ1n) is 8.62. The van der Waals surface area contributed by atoms with Crippen LogP contribution in [0.2, 0.25) is 0 Å². The summed E-state index contributed by atoms with van der Waals surface area (Å²) in [5, 5.41) is 7.82. The van der Waals surface area contributed by atoms with E-state index in [4.69, 9.17) is 4.74 Å². The molecular formula is C19H26N3O3S+. The number of quaternary nitrogens is 1. The molecule has 26 heavy (non-hydrogen) atoms. The molecule has 0 saturated carbocycles. The van der Waals surface area contributed by atoms with E-state index >= 15 is 0 Å². The molecule has 0 radical (unpaired) electrons. The lowest BCUT2D eigenvalue weighted by atomic mass is 10.2. The molecule has 0 bridgehead atoms. The number of carbonyl (C=O) groups excluding carboxylic acids is 2. The summed E-state index contributed by atoms with van der Waals surface area (Å²) in [4.78, 5) is 26.6. The summed E-state index contributed by atoms with van der Waals surface area (Å²) < 4.78 is 5.24. The average Bonchev–Trinajstić information content (AvgIpc) is 3.16. The minimum Gasteiger partial charge on any atom is -0.495 e. The Labute approximate surface area is 158 Å². The number of para-hydroxylation sites is 2. The molecule has 0 aliphatic carbocycles. The fourth-order valence-corrected chi connectivity index (χ4v) is 3.34. The van der Waals surface area contributed by atoms with Crippen LogP contribution in [0, 0.1) is 0 Å². The van der Waals surface area contributed by atoms with E-state index in [2.05, 4.69) is 10.6 Å². The van der Waals surface area contributed by atoms with Crippen molar-refractivity contribution < 1.29 is 19.2 Å². The lowest BCUT2D eigenvalue weighted by Gasteiger charge is -2.19. The minimum absolute atomic E-state index is 0.0250. The van der Waals surface area contributed by atoms with Gasteiger partial charge in [0.25, 0.3) is 11.8 Å². The van der Waals surface area contributed by atoms with Gasteiger partial charge >= 0.3 is 0 Å². The highest BCUT2D eigenvalue weighted by Crippen LogP contribution is 2.22. The second-order valence-electron chi connectivity index (χ2n) is 6.01. The Hall–Kier alpha value is -2.38. The summed E-state index contributed by atoms with van der Waals surface area (Å²) in [6.07, 6.45) is 0. The fourth-order valence-electron chi connectivity index (χ4n) is 2.61. The van der Waals surface area contributed by atoms with Crippen LogP contribution in [-0.4, -0.2) is 38.6 Å². The van der Waals surface area contributed by atoms with Gasteiger partial charge in [-0.15, -0.1) is 11.3 Å². The van der Waals surface area contributed by atoms with Crippen molar-refractivity contribution in [3.63, 3.8) is 0 Å². The fraction of sp³-hybridized carbons (Fsp3) is 0.368. The number of likely N-dealkylation sites (N-methyl/N-ethyl adjacent to an activating group) is 1. The molecule has 1 aromatic carbocycles. The van der Waals surface area contributed by atoms with Gasteiger partial charge in [-0.1, -0.05) is 18.2 Å². The quantitative estimate of drug-likeness (QED) is 0.621. The zero-order valence-corrected chi connectivity index (χ0v) is 16.2. The molecule has 0 fully saturated rings. The van der Waals surface area contributed by atoms with Crippen molar-refractivity contribution in [3.8, 4) is 5.75 Å². The van der Waals surface area contributed by atoms with Crippen LogP contribution in [0.3, 0.4) is 0 Å². The zero-order chi connectivity index (χ0) is 18.9. The number of ether oxygens (including phenoxy) is 1. The number of benzene rings is 1. The Morgan fingerprint density at radius 2 is 1.88 bits per heavy atom. The SMILES string of the molecule is CC[NH+](CC(=O)Nc1ccccc1OC)CC(=O)N[C@H](C)c1cccs1. The van der Waals surface area contributed by atoms with Crippen LogP contribution in [0.5, 0.6) is 5.75 Å². The van der Waals surface area contributed by atoms with Crippen LogP contribution < -0.4 is 20.3 Å². The Morgan fingerprint density at radius 1 is 1.15 bits per heavy atom. The van der Waals surface area contributed by atoms with Gasteiger partial charge in [0.05, 0.1) is 25.4 Å². The minimum atomic E-state index is -0.148. The van der Waals surface area contributed by atoms with E-state index in [-0.39, 0.29) is 30.9 Å². The smallest absolute Gasteiger partial charge is 0.279 e. The molecule has 140 valence electrons. The van der Waals surface area contributed by atoms with Gasteiger partial charge in [-0.3, -0.25) is 9.59 Å². The zero-order valence-electron chi connectivity index (χ0n) is 15.4. The number of rotatable bonds is 9. The molecule has 1 aromatic heterocycles. The maximum atomic E-state index is 12.3. The maximum absolute atomic E-state index is 12.3. The molecule has 3 N–H and O–H groups in total. The predicted molar refractivity (Wildman–Crippen MR) is 104 cm³/mol. The van der Waals surface area contributed by atoms with Crippen molar-refractivity contribution >= 4 is 28.8 Å². The molecule has 6 nitrogen and oxygen atoms in total. The Balaban J connectivity index is 1.86. The highest BCUT2D eigenvalue weighted by molar-refractivity contribution is 7.10. The molecule has 2 rings (SSSR count). The van der Waals surface area contributed by atoms with E-state index in [0.717, 1.165) is 9.78 Å². The second-order valence-corrected chi connectivity index (χ2v) is 6.99. The van der Waals surface area contributed by atoms with Crippen LogP contribution in [0.1, 0.15) is 24.8 Å². The van der Waals surface area contributed by atoms with Gasteiger partial charge in [0, 0.05) is 4.88 Å². The van der Waals surface area contributed by atoms with Crippen molar-refractivity contribution in [2.75, 3.05) is 32.1 Å². The molecule has 0 saturated heterocycles. The summed E-state index contributed by atoms with van der Waals surface area (Å²) in [6.45, 7) is 5.08. The van der Waals surface area contributed by atoms with Gasteiger partial charge in [0.2, 0.25) is 0 Å². The van der Waals surface area contributed by atoms with Gasteiger partial charge in [-0.05, 0) is 37.4 Å². The summed E-state index contributed by atoms with van der Waals surface area (Å²) in [7, 11) is 1.56. The molecule has 2 atom stereocenters. The lowest BCUT2D eigenvalue weighted by Crippen LogP contribution is -3.14. The Bertz CT molecular complexity index is 719. The largest absolute Gasteiger partial charge is 0.495 e. The van der Waals surface area contributed by atoms with Gasteiger partial charge in [0.1, 0.15) is 5.75 Å². The van der Waals surface area contributed by atoms with Crippen molar-refractivity contribution in [1.82, 2.24) is 5.32 Å². The number of carbonyl (C=O) groups is 2. The van der Waals surface area contributed by atoms with E-state index in [1.54, 1.807) is 30.6 Å². The molecule has 1 unspecified atom stereocenters. The number of anilines is 1. The Morgan fingerprint density at radius 3 is 2.54 bits per heavy atom. The van der Waals surface area contributed by atoms with Crippen LogP contribution in [-0.2, 0) is 9.59 Å². The number of thiophene rings is 1. The number of methoxy groups -OCH3 is 1. The summed E-state index contributed by atoms with van der Waals surface area (Å²) in [6, 6.07) is 11.2. The van der Waals surface area contributed by atoms with Gasteiger partial charge in [0.15, 0.2) is 13.1 Å². The molecule has 7 heteroatoms. The topological polar surface area (TPSA) is 71.9 Å². The number of hydrogen-bond acceptors (Lipinski definition) is 4. The summed E-state index contributed by atoms with van der Waals surface area (Å²) >= 11 is 1.62. The van der Waals surface area contributed by atoms with E-state index in [9.17, 15) is 9.59 Å². The summed E-state index contributed by atoms with van der Waals surface area (Å²) in [5.74, 6) is 0.403. The monoisotopic (exact) mass is 376 g/mol. The summed E-state index contributed by atoms with van der Waals surface area (Å²) in [5.41, 5.74) is 0.631. The molecule has 2 aromatic rings. The molecule has 0 spiro atoms. The predicted octanol–water partition coefficient (Wildman–Crippen LogP) is 1.48. The van der Waals surface area contributed by atoms with E-state index in [1.807, 2.05) is 43.5 Å². The van der Waals surface area contributed by atoms with Crippen molar-refractivity contribution in [1.29, 1.82) is 0 Å². The van der Waals surface area contributed by atoms with Gasteiger partial charge in [-0.25, -0.2) is 0 Å². The average molecular weight is 377 g/mol. The Kier molecular flexibility index (Phi) is 7.62. The first-order chi connectivity index (χ1) is 12.5. The third-order valence-corrected chi connectivity index (χ3v) is 5.10. The number of hydrogen-bond donors (Lipinski definition) is 3. The highest BCUT2D eigenvalue weighted by Gasteiger charge is 2.19. The van der Waals surface area contributed by atoms with Gasteiger partial charge in [-0.2, -0.15) is 0 Å².